The van der Waals surface area contributed by atoms with Crippen LogP contribution in [0, 0.1) is 0 Å². The van der Waals surface area contributed by atoms with Crippen LogP contribution < -0.4 is 14.4 Å². The molecule has 2 aromatic rings. The lowest BCUT2D eigenvalue weighted by Gasteiger charge is -2.33. The van der Waals surface area contributed by atoms with Crippen LogP contribution in [0.25, 0.3) is 0 Å². The highest BCUT2D eigenvalue weighted by molar-refractivity contribution is 7.92. The van der Waals surface area contributed by atoms with Gasteiger partial charge in [-0.3, -0.25) is 13.9 Å². The van der Waals surface area contributed by atoms with E-state index >= 15 is 0 Å². The number of halogens is 1. The number of para-hydroxylation sites is 2. The average molecular weight is 524 g/mol. The molecule has 0 heterocycles. The monoisotopic (exact) mass is 523 g/mol. The van der Waals surface area contributed by atoms with Gasteiger partial charge in [0.05, 0.1) is 18.6 Å². The van der Waals surface area contributed by atoms with Crippen LogP contribution in [0.15, 0.2) is 48.5 Å². The molecule has 192 valence electrons. The molecule has 0 unspecified atom stereocenters. The molecule has 0 spiro atoms. The first-order valence-corrected chi connectivity index (χ1v) is 13.5. The van der Waals surface area contributed by atoms with E-state index in [0.29, 0.717) is 17.4 Å². The standard InChI is InChI=1S/C25H34ClN3O5S/c1-7-34-22-11-9-8-10-21(22)29(35(6,32)33)17-23(30)28(16-19-12-14-20(26)15-13-19)18(2)24(31)27-25(3,4)5/h8-15,18H,7,16-17H2,1-6H3,(H,27,31)/t18-/m0/s1. The fourth-order valence-electron chi connectivity index (χ4n) is 3.38. The summed E-state index contributed by atoms with van der Waals surface area (Å²) in [6.07, 6.45) is 1.03. The first-order valence-electron chi connectivity index (χ1n) is 11.3. The van der Waals surface area contributed by atoms with Crippen LogP contribution in [0.5, 0.6) is 5.75 Å². The van der Waals surface area contributed by atoms with E-state index in [4.69, 9.17) is 16.3 Å². The lowest BCUT2D eigenvalue weighted by atomic mass is 10.1. The molecule has 2 aromatic carbocycles. The normalized spacial score (nSPS) is 12.5. The molecule has 0 aromatic heterocycles. The van der Waals surface area contributed by atoms with Gasteiger partial charge < -0.3 is 15.0 Å². The molecule has 0 aliphatic carbocycles. The van der Waals surface area contributed by atoms with Crippen LogP contribution in [-0.4, -0.2) is 56.1 Å². The number of benzene rings is 2. The molecule has 0 aliphatic rings. The average Bonchev–Trinajstić information content (AvgIpc) is 2.75. The molecular weight excluding hydrogens is 490 g/mol. The van der Waals surface area contributed by atoms with Crippen LogP contribution >= 0.6 is 11.6 Å². The van der Waals surface area contributed by atoms with E-state index in [-0.39, 0.29) is 18.1 Å². The van der Waals surface area contributed by atoms with E-state index in [2.05, 4.69) is 5.32 Å². The number of nitrogens with one attached hydrogen (secondary N) is 1. The maximum absolute atomic E-state index is 13.6. The van der Waals surface area contributed by atoms with Gasteiger partial charge >= 0.3 is 0 Å². The van der Waals surface area contributed by atoms with E-state index in [1.165, 1.54) is 4.90 Å². The van der Waals surface area contributed by atoms with Gasteiger partial charge in [-0.1, -0.05) is 35.9 Å². The number of hydrogen-bond acceptors (Lipinski definition) is 5. The van der Waals surface area contributed by atoms with Crippen molar-refractivity contribution in [2.24, 2.45) is 0 Å². The maximum Gasteiger partial charge on any atom is 0.244 e. The molecule has 8 nitrogen and oxygen atoms in total. The van der Waals surface area contributed by atoms with E-state index in [9.17, 15) is 18.0 Å². The van der Waals surface area contributed by atoms with Gasteiger partial charge in [-0.05, 0) is 64.4 Å². The van der Waals surface area contributed by atoms with Gasteiger partial charge in [0.15, 0.2) is 0 Å². The topological polar surface area (TPSA) is 96.0 Å². The zero-order chi connectivity index (χ0) is 26.4. The van der Waals surface area contributed by atoms with Crippen LogP contribution in [0.2, 0.25) is 5.02 Å². The van der Waals surface area contributed by atoms with Crippen LogP contribution in [0.3, 0.4) is 0 Å². The number of sulfonamides is 1. The van der Waals surface area contributed by atoms with Crippen LogP contribution in [0.4, 0.5) is 5.69 Å². The molecule has 0 aliphatic heterocycles. The molecule has 0 saturated carbocycles. The van der Waals surface area contributed by atoms with Crippen molar-refractivity contribution in [1.82, 2.24) is 10.2 Å². The second-order valence-corrected chi connectivity index (χ2v) is 11.6. The van der Waals surface area contributed by atoms with Crippen LogP contribution in [-0.2, 0) is 26.2 Å². The molecule has 0 radical (unpaired) electrons. The highest BCUT2D eigenvalue weighted by atomic mass is 35.5. The smallest absolute Gasteiger partial charge is 0.244 e. The van der Waals surface area contributed by atoms with Crippen molar-refractivity contribution in [3.8, 4) is 5.75 Å². The van der Waals surface area contributed by atoms with E-state index in [1.54, 1.807) is 62.4 Å². The molecule has 0 saturated heterocycles. The highest BCUT2D eigenvalue weighted by Crippen LogP contribution is 2.30. The largest absolute Gasteiger partial charge is 0.492 e. The molecule has 1 atom stereocenters. The van der Waals surface area contributed by atoms with Gasteiger partial charge in [-0.25, -0.2) is 8.42 Å². The second kappa shape index (κ2) is 11.8. The molecule has 2 rings (SSSR count). The van der Waals surface area contributed by atoms with E-state index < -0.39 is 34.1 Å². The van der Waals surface area contributed by atoms with Crippen molar-refractivity contribution in [3.63, 3.8) is 0 Å². The SMILES string of the molecule is CCOc1ccccc1N(CC(=O)N(Cc1ccc(Cl)cc1)[C@@H](C)C(=O)NC(C)(C)C)S(C)(=O)=O. The predicted molar refractivity (Wildman–Crippen MR) is 139 cm³/mol. The number of anilines is 1. The predicted octanol–water partition coefficient (Wildman–Crippen LogP) is 3.84. The van der Waals surface area contributed by atoms with Gasteiger partial charge in [0, 0.05) is 17.1 Å². The van der Waals surface area contributed by atoms with Crippen LogP contribution in [0.1, 0.15) is 40.2 Å². The Hall–Kier alpha value is -2.78. The molecule has 10 heteroatoms. The Balaban J connectivity index is 2.44. The van der Waals surface area contributed by atoms with Crippen molar-refractivity contribution in [3.05, 3.63) is 59.1 Å². The van der Waals surface area contributed by atoms with Gasteiger partial charge in [0.1, 0.15) is 18.3 Å². The van der Waals surface area contributed by atoms with Crippen molar-refractivity contribution in [2.75, 3.05) is 23.7 Å². The molecule has 0 bridgehead atoms. The van der Waals surface area contributed by atoms with Crippen molar-refractivity contribution >= 4 is 39.1 Å². The van der Waals surface area contributed by atoms with Gasteiger partial charge in [-0.15, -0.1) is 0 Å². The Morgan fingerprint density at radius 2 is 1.69 bits per heavy atom. The number of rotatable bonds is 10. The minimum atomic E-state index is -3.85. The fourth-order valence-corrected chi connectivity index (χ4v) is 4.36. The van der Waals surface area contributed by atoms with E-state index in [1.807, 2.05) is 20.8 Å². The summed E-state index contributed by atoms with van der Waals surface area (Å²) in [7, 11) is -3.85. The summed E-state index contributed by atoms with van der Waals surface area (Å²) < 4.78 is 32.1. The van der Waals surface area contributed by atoms with E-state index in [0.717, 1.165) is 16.1 Å². The first kappa shape index (κ1) is 28.5. The minimum absolute atomic E-state index is 0.0967. The summed E-state index contributed by atoms with van der Waals surface area (Å²) in [5, 5.41) is 3.43. The Kier molecular flexibility index (Phi) is 9.57. The van der Waals surface area contributed by atoms with Gasteiger partial charge in [0.25, 0.3) is 0 Å². The lowest BCUT2D eigenvalue weighted by Crippen LogP contribution is -2.54. The summed E-state index contributed by atoms with van der Waals surface area (Å²) in [4.78, 5) is 27.9. The summed E-state index contributed by atoms with van der Waals surface area (Å²) >= 11 is 5.99. The first-order chi connectivity index (χ1) is 16.2. The lowest BCUT2D eigenvalue weighted by molar-refractivity contribution is -0.140. The summed E-state index contributed by atoms with van der Waals surface area (Å²) in [6, 6.07) is 12.7. The number of hydrogen-bond donors (Lipinski definition) is 1. The maximum atomic E-state index is 13.6. The number of ether oxygens (including phenoxy) is 1. The third kappa shape index (κ3) is 8.43. The van der Waals surface area contributed by atoms with Gasteiger partial charge in [-0.2, -0.15) is 0 Å². The Labute approximate surface area is 213 Å². The van der Waals surface area contributed by atoms with Crippen molar-refractivity contribution in [2.45, 2.75) is 52.7 Å². The number of nitrogens with zero attached hydrogens (tertiary/aromatic N) is 2. The van der Waals surface area contributed by atoms with Gasteiger partial charge in [0.2, 0.25) is 21.8 Å². The highest BCUT2D eigenvalue weighted by Gasteiger charge is 2.32. The Bertz CT molecular complexity index is 1130. The Morgan fingerprint density at radius 1 is 1.09 bits per heavy atom. The molecular formula is C25H34ClN3O5S. The molecule has 0 fully saturated rings. The van der Waals surface area contributed by atoms with Crippen molar-refractivity contribution in [1.29, 1.82) is 0 Å². The summed E-state index contributed by atoms with van der Waals surface area (Å²) in [6.45, 7) is 8.87. The molecule has 2 amide bonds. The summed E-state index contributed by atoms with van der Waals surface area (Å²) in [5.74, 6) is -0.537. The number of amides is 2. The fraction of sp³-hybridized carbons (Fsp3) is 0.440. The number of carbonyl (C=O) groups excluding carboxylic acids is 2. The zero-order valence-corrected chi connectivity index (χ0v) is 22.6. The third-order valence-electron chi connectivity index (χ3n) is 5.04. The molecule has 35 heavy (non-hydrogen) atoms. The minimum Gasteiger partial charge on any atom is -0.492 e. The molecule has 1 N–H and O–H groups in total. The zero-order valence-electron chi connectivity index (χ0n) is 21.0. The summed E-state index contributed by atoms with van der Waals surface area (Å²) in [5.41, 5.74) is 0.498. The van der Waals surface area contributed by atoms with Crippen molar-refractivity contribution < 1.29 is 22.7 Å². The quantitative estimate of drug-likeness (QED) is 0.510. The Morgan fingerprint density at radius 3 is 2.23 bits per heavy atom. The third-order valence-corrected chi connectivity index (χ3v) is 6.42. The second-order valence-electron chi connectivity index (χ2n) is 9.23. The number of carbonyl (C=O) groups is 2.